The number of aromatic nitrogens is 2. The summed E-state index contributed by atoms with van der Waals surface area (Å²) in [5.41, 5.74) is 0.914. The molecular weight excluding hydrogens is 1000 g/mol. The number of fused-ring (bicyclic) bond motifs is 1. The summed E-state index contributed by atoms with van der Waals surface area (Å²) in [6, 6.07) is 10.9. The first-order valence-corrected chi connectivity index (χ1v) is 27.2. The van der Waals surface area contributed by atoms with Gasteiger partial charge in [-0.05, 0) is 170 Å². The molecule has 19 heteroatoms. The zero-order chi connectivity index (χ0) is 54.3. The number of anilines is 2. The average Bonchev–Trinajstić information content (AvgIpc) is 3.39. The lowest BCUT2D eigenvalue weighted by Crippen LogP contribution is -2.52. The standard InChI is InChI=1S/C57H70ClF3N8O7/c1-34(40-27-41(53(73)76-55(3,4)5)29-42(28-40)57(59,60)61)62-50-44-31-43(48(75-6)32-46(44)63-35(2)64-50)37-7-9-38(10-8-37)51(71)68-25-23-66(24-26-68)33-36-13-16-56(17-14-36)18-21-67(22-19-56)52(72)39-11-12-45(58)47(30-39)69-20-15-49(70)65-54(69)74/h11-12,27-32,34,36-38H,7-10,13-26,33H2,1-6H3,(H,62,63,64)(H,65,70,74)/t34-,37?,38?/m1/s1. The van der Waals surface area contributed by atoms with Crippen LogP contribution in [0.5, 0.6) is 5.75 Å². The van der Waals surface area contributed by atoms with Gasteiger partial charge in [0.05, 0.1) is 40.5 Å². The van der Waals surface area contributed by atoms with E-state index in [2.05, 4.69) is 25.4 Å². The number of nitrogens with zero attached hydrogens (tertiary/aromatic N) is 6. The van der Waals surface area contributed by atoms with Crippen molar-refractivity contribution in [2.24, 2.45) is 17.3 Å². The van der Waals surface area contributed by atoms with E-state index in [-0.39, 0.29) is 59.1 Å². The average molecular weight is 1070 g/mol. The SMILES string of the molecule is COc1cc2nc(C)nc(N[C@H](C)c3cc(C(=O)OC(C)(C)C)cc(C(F)(F)F)c3)c2cc1C1CCC(C(=O)N2CCN(CC3CCC4(CC3)CCN(C(=O)c3ccc(Cl)c(N5CCC(=O)NC5=O)c3)CC4)CC2)CC1. The van der Waals surface area contributed by atoms with Crippen LogP contribution in [0.1, 0.15) is 154 Å². The number of imide groups is 1. The molecule has 4 heterocycles. The van der Waals surface area contributed by atoms with E-state index >= 15 is 0 Å². The highest BCUT2D eigenvalue weighted by Gasteiger charge is 2.41. The number of amides is 5. The number of carbonyl (C=O) groups is 5. The van der Waals surface area contributed by atoms with Gasteiger partial charge < -0.3 is 24.6 Å². The van der Waals surface area contributed by atoms with Crippen molar-refractivity contribution in [1.82, 2.24) is 30.0 Å². The number of benzene rings is 3. The lowest BCUT2D eigenvalue weighted by atomic mass is 9.65. The first-order valence-electron chi connectivity index (χ1n) is 26.8. The van der Waals surface area contributed by atoms with Crippen LogP contribution >= 0.6 is 11.6 Å². The van der Waals surface area contributed by atoms with Gasteiger partial charge in [-0.3, -0.25) is 29.5 Å². The zero-order valence-electron chi connectivity index (χ0n) is 44.4. The van der Waals surface area contributed by atoms with Crippen LogP contribution < -0.4 is 20.3 Å². The molecule has 1 aromatic heterocycles. The minimum atomic E-state index is -4.69. The summed E-state index contributed by atoms with van der Waals surface area (Å²) in [5, 5.41) is 6.68. The molecule has 2 N–H and O–H groups in total. The van der Waals surface area contributed by atoms with E-state index in [0.717, 1.165) is 102 Å². The highest BCUT2D eigenvalue weighted by atomic mass is 35.5. The molecule has 1 atom stereocenters. The molecule has 5 amide bonds. The van der Waals surface area contributed by atoms with Crippen molar-refractivity contribution in [2.75, 3.05) is 69.7 Å². The van der Waals surface area contributed by atoms with Gasteiger partial charge in [0.1, 0.15) is 23.0 Å². The molecule has 5 aliphatic rings. The van der Waals surface area contributed by atoms with Crippen molar-refractivity contribution in [2.45, 2.75) is 129 Å². The number of esters is 1. The van der Waals surface area contributed by atoms with Crippen LogP contribution in [0.4, 0.5) is 29.5 Å². The number of halogens is 4. The van der Waals surface area contributed by atoms with Gasteiger partial charge >= 0.3 is 18.2 Å². The molecule has 408 valence electrons. The number of hydrogen-bond donors (Lipinski definition) is 2. The number of piperazine rings is 1. The summed E-state index contributed by atoms with van der Waals surface area (Å²) in [4.78, 5) is 82.2. The number of rotatable bonds is 11. The van der Waals surface area contributed by atoms with Crippen molar-refractivity contribution < 1.29 is 46.6 Å². The third-order valence-corrected chi connectivity index (χ3v) is 16.8. The largest absolute Gasteiger partial charge is 0.496 e. The fourth-order valence-electron chi connectivity index (χ4n) is 12.1. The first kappa shape index (κ1) is 54.8. The number of carbonyl (C=O) groups excluding carboxylic acids is 5. The maximum atomic E-state index is 14.1. The van der Waals surface area contributed by atoms with Gasteiger partial charge in [0, 0.05) is 81.7 Å². The van der Waals surface area contributed by atoms with Gasteiger partial charge in [-0.2, -0.15) is 13.2 Å². The van der Waals surface area contributed by atoms with Crippen LogP contribution in [0.15, 0.2) is 48.5 Å². The molecular formula is C57H70ClF3N8O7. The summed E-state index contributed by atoms with van der Waals surface area (Å²) in [6.45, 7) is 14.2. The number of hydrogen-bond acceptors (Lipinski definition) is 11. The molecule has 4 aromatic rings. The third-order valence-electron chi connectivity index (χ3n) is 16.5. The van der Waals surface area contributed by atoms with Crippen LogP contribution in [0.25, 0.3) is 10.9 Å². The van der Waals surface area contributed by atoms with E-state index in [9.17, 15) is 37.1 Å². The fourth-order valence-corrected chi connectivity index (χ4v) is 12.3. The molecule has 3 aliphatic heterocycles. The molecule has 5 fully saturated rings. The normalized spacial score (nSPS) is 21.4. The molecule has 2 saturated carbocycles. The molecule has 9 rings (SSSR count). The lowest BCUT2D eigenvalue weighted by molar-refractivity contribution is -0.139. The predicted octanol–water partition coefficient (Wildman–Crippen LogP) is 10.7. The number of ether oxygens (including phenoxy) is 2. The molecule has 2 aliphatic carbocycles. The molecule has 15 nitrogen and oxygen atoms in total. The fraction of sp³-hybridized carbons (Fsp3) is 0.561. The molecule has 3 aromatic carbocycles. The smallest absolute Gasteiger partial charge is 0.416 e. The van der Waals surface area contributed by atoms with Crippen LogP contribution in [-0.2, 0) is 20.5 Å². The van der Waals surface area contributed by atoms with Gasteiger partial charge in [0.25, 0.3) is 5.91 Å². The molecule has 76 heavy (non-hydrogen) atoms. The van der Waals surface area contributed by atoms with Crippen LogP contribution in [0, 0.1) is 24.2 Å². The molecule has 0 radical (unpaired) electrons. The Morgan fingerprint density at radius 1 is 0.842 bits per heavy atom. The van der Waals surface area contributed by atoms with Crippen molar-refractivity contribution in [3.63, 3.8) is 0 Å². The Bertz CT molecular complexity index is 2860. The Hall–Kier alpha value is -6.01. The second-order valence-electron chi connectivity index (χ2n) is 22.8. The maximum absolute atomic E-state index is 14.1. The Morgan fingerprint density at radius 2 is 1.54 bits per heavy atom. The summed E-state index contributed by atoms with van der Waals surface area (Å²) < 4.78 is 53.8. The number of urea groups is 1. The second kappa shape index (κ2) is 22.2. The zero-order valence-corrected chi connectivity index (χ0v) is 45.2. The van der Waals surface area contributed by atoms with E-state index in [1.807, 2.05) is 17.0 Å². The maximum Gasteiger partial charge on any atom is 0.416 e. The van der Waals surface area contributed by atoms with Crippen molar-refractivity contribution in [3.8, 4) is 5.75 Å². The predicted molar refractivity (Wildman–Crippen MR) is 284 cm³/mol. The minimum Gasteiger partial charge on any atom is -0.496 e. The summed E-state index contributed by atoms with van der Waals surface area (Å²) >= 11 is 6.45. The first-order chi connectivity index (χ1) is 36.0. The van der Waals surface area contributed by atoms with Gasteiger partial charge in [0.15, 0.2) is 0 Å². The Balaban J connectivity index is 0.752. The number of piperidine rings is 1. The van der Waals surface area contributed by atoms with Crippen molar-refractivity contribution in [1.29, 1.82) is 0 Å². The highest BCUT2D eigenvalue weighted by molar-refractivity contribution is 6.34. The number of alkyl halides is 3. The number of likely N-dealkylation sites (tertiary alicyclic amines) is 1. The van der Waals surface area contributed by atoms with E-state index < -0.39 is 35.4 Å². The van der Waals surface area contributed by atoms with E-state index in [1.54, 1.807) is 59.9 Å². The number of methoxy groups -OCH3 is 1. The van der Waals surface area contributed by atoms with E-state index in [1.165, 1.54) is 11.0 Å². The number of aryl methyl sites for hydroxylation is 1. The Morgan fingerprint density at radius 3 is 2.18 bits per heavy atom. The molecule has 0 bridgehead atoms. The monoisotopic (exact) mass is 1070 g/mol. The van der Waals surface area contributed by atoms with Crippen LogP contribution in [0.3, 0.4) is 0 Å². The van der Waals surface area contributed by atoms with E-state index in [4.69, 9.17) is 26.1 Å². The van der Waals surface area contributed by atoms with Gasteiger partial charge in [-0.15, -0.1) is 0 Å². The summed E-state index contributed by atoms with van der Waals surface area (Å²) in [5.74, 6) is 1.20. The van der Waals surface area contributed by atoms with Crippen molar-refractivity contribution in [3.05, 3.63) is 87.2 Å². The third kappa shape index (κ3) is 12.4. The van der Waals surface area contributed by atoms with E-state index in [0.29, 0.717) is 76.7 Å². The van der Waals surface area contributed by atoms with Gasteiger partial charge in [-0.25, -0.2) is 19.6 Å². The number of nitrogens with one attached hydrogen (secondary N) is 2. The molecule has 0 unspecified atom stereocenters. The molecule has 3 saturated heterocycles. The summed E-state index contributed by atoms with van der Waals surface area (Å²) in [6.07, 6.45) is 5.06. The van der Waals surface area contributed by atoms with Gasteiger partial charge in [-0.1, -0.05) is 11.6 Å². The Kier molecular flexibility index (Phi) is 16.0. The van der Waals surface area contributed by atoms with Gasteiger partial charge in [0.2, 0.25) is 11.8 Å². The second-order valence-corrected chi connectivity index (χ2v) is 23.2. The Labute approximate surface area is 447 Å². The van der Waals surface area contributed by atoms with Crippen LogP contribution in [0.2, 0.25) is 5.02 Å². The summed E-state index contributed by atoms with van der Waals surface area (Å²) in [7, 11) is 1.62. The van der Waals surface area contributed by atoms with Crippen molar-refractivity contribution >= 4 is 63.7 Å². The van der Waals surface area contributed by atoms with Crippen LogP contribution in [-0.4, -0.2) is 119 Å². The lowest BCUT2D eigenvalue weighted by Gasteiger charge is -2.47. The minimum absolute atomic E-state index is 0.0629. The molecule has 1 spiro atoms. The topological polar surface area (TPSA) is 167 Å². The quantitative estimate of drug-likeness (QED) is 0.137. The highest BCUT2D eigenvalue weighted by Crippen LogP contribution is 2.47.